The normalized spacial score (nSPS) is 12.3. The van der Waals surface area contributed by atoms with Gasteiger partial charge in [-0.2, -0.15) is 0 Å². The lowest BCUT2D eigenvalue weighted by Gasteiger charge is -2.13. The van der Waals surface area contributed by atoms with Crippen LogP contribution in [0.4, 0.5) is 0 Å². The number of hydrogen-bond acceptors (Lipinski definition) is 3. The molecule has 0 aliphatic heterocycles. The van der Waals surface area contributed by atoms with Gasteiger partial charge in [-0.05, 0) is 41.3 Å². The lowest BCUT2D eigenvalue weighted by Crippen LogP contribution is -2.27. The van der Waals surface area contributed by atoms with E-state index in [1.807, 2.05) is 30.3 Å². The summed E-state index contributed by atoms with van der Waals surface area (Å²) in [5, 5.41) is 2.93. The molecule has 144 valence electrons. The van der Waals surface area contributed by atoms with Crippen LogP contribution < -0.4 is 5.32 Å². The molecule has 1 atom stereocenters. The molecule has 1 amide bonds. The Morgan fingerprint density at radius 2 is 1.54 bits per heavy atom. The lowest BCUT2D eigenvalue weighted by atomic mass is 10.0. The highest BCUT2D eigenvalue weighted by atomic mass is 32.2. The predicted octanol–water partition coefficient (Wildman–Crippen LogP) is 4.19. The van der Waals surface area contributed by atoms with Crippen molar-refractivity contribution >= 4 is 15.7 Å². The largest absolute Gasteiger partial charge is 0.351 e. The summed E-state index contributed by atoms with van der Waals surface area (Å²) < 4.78 is 25.1. The van der Waals surface area contributed by atoms with Crippen LogP contribution in [0.15, 0.2) is 89.8 Å². The highest BCUT2D eigenvalue weighted by Crippen LogP contribution is 2.17. The first-order valence-corrected chi connectivity index (χ1v) is 10.8. The molecule has 0 spiro atoms. The first-order valence-electron chi connectivity index (χ1n) is 9.15. The van der Waals surface area contributed by atoms with Crippen LogP contribution in [-0.2, 0) is 15.6 Å². The predicted molar refractivity (Wildman–Crippen MR) is 111 cm³/mol. The molecule has 0 radical (unpaired) electrons. The van der Waals surface area contributed by atoms with Crippen molar-refractivity contribution in [2.24, 2.45) is 0 Å². The maximum absolute atomic E-state index is 12.6. The molecule has 1 unspecified atom stereocenters. The van der Waals surface area contributed by atoms with Crippen LogP contribution in [-0.4, -0.2) is 20.9 Å². The second kappa shape index (κ2) is 8.85. The number of benzene rings is 3. The second-order valence-electron chi connectivity index (χ2n) is 6.79. The molecule has 1 N–H and O–H groups in total. The molecule has 0 aliphatic rings. The maximum Gasteiger partial charge on any atom is 0.251 e. The summed E-state index contributed by atoms with van der Waals surface area (Å²) in [5.74, 6) is -0.160. The third-order valence-electron chi connectivity index (χ3n) is 4.59. The SMILES string of the molecule is CC(CNC(=O)c1cccc(CS(=O)(=O)c2ccccc2)c1)c1ccccc1. The Morgan fingerprint density at radius 1 is 0.893 bits per heavy atom. The number of nitrogens with one attached hydrogen (secondary N) is 1. The van der Waals surface area contributed by atoms with Gasteiger partial charge in [-0.15, -0.1) is 0 Å². The van der Waals surface area contributed by atoms with Gasteiger partial charge in [0.2, 0.25) is 0 Å². The zero-order valence-electron chi connectivity index (χ0n) is 15.7. The Balaban J connectivity index is 1.66. The van der Waals surface area contributed by atoms with Gasteiger partial charge in [-0.25, -0.2) is 8.42 Å². The third-order valence-corrected chi connectivity index (χ3v) is 6.29. The molecular formula is C23H23NO3S. The lowest BCUT2D eigenvalue weighted by molar-refractivity contribution is 0.0951. The number of amides is 1. The molecule has 0 aliphatic carbocycles. The number of hydrogen-bond donors (Lipinski definition) is 1. The van der Waals surface area contributed by atoms with Crippen molar-refractivity contribution in [3.8, 4) is 0 Å². The van der Waals surface area contributed by atoms with E-state index in [1.165, 1.54) is 0 Å². The first kappa shape index (κ1) is 19.8. The molecule has 4 nitrogen and oxygen atoms in total. The number of carbonyl (C=O) groups excluding carboxylic acids is 1. The van der Waals surface area contributed by atoms with E-state index in [4.69, 9.17) is 0 Å². The highest BCUT2D eigenvalue weighted by Gasteiger charge is 2.16. The fourth-order valence-electron chi connectivity index (χ4n) is 2.98. The van der Waals surface area contributed by atoms with E-state index in [0.717, 1.165) is 5.56 Å². The molecule has 0 saturated carbocycles. The van der Waals surface area contributed by atoms with Gasteiger partial charge in [0.05, 0.1) is 10.6 Å². The van der Waals surface area contributed by atoms with Gasteiger partial charge < -0.3 is 5.32 Å². The Bertz CT molecular complexity index is 1030. The van der Waals surface area contributed by atoms with Crippen LogP contribution in [0.5, 0.6) is 0 Å². The smallest absolute Gasteiger partial charge is 0.251 e. The van der Waals surface area contributed by atoms with Crippen molar-refractivity contribution in [2.75, 3.05) is 6.54 Å². The van der Waals surface area contributed by atoms with E-state index in [0.29, 0.717) is 17.7 Å². The second-order valence-corrected chi connectivity index (χ2v) is 8.78. The quantitative estimate of drug-likeness (QED) is 0.654. The van der Waals surface area contributed by atoms with E-state index >= 15 is 0 Å². The zero-order valence-corrected chi connectivity index (χ0v) is 16.5. The van der Waals surface area contributed by atoms with Crippen LogP contribution in [0.25, 0.3) is 0 Å². The summed E-state index contributed by atoms with van der Waals surface area (Å²) >= 11 is 0. The molecule has 0 bridgehead atoms. The zero-order chi connectivity index (χ0) is 20.0. The van der Waals surface area contributed by atoms with Gasteiger partial charge in [0.1, 0.15) is 0 Å². The van der Waals surface area contributed by atoms with Gasteiger partial charge in [-0.3, -0.25) is 4.79 Å². The number of carbonyl (C=O) groups is 1. The summed E-state index contributed by atoms with van der Waals surface area (Å²) in [4.78, 5) is 12.8. The molecule has 0 saturated heterocycles. The molecular weight excluding hydrogens is 370 g/mol. The van der Waals surface area contributed by atoms with Crippen molar-refractivity contribution in [1.82, 2.24) is 5.32 Å². The fraction of sp³-hybridized carbons (Fsp3) is 0.174. The molecule has 3 aromatic carbocycles. The molecule has 0 aromatic heterocycles. The average Bonchev–Trinajstić information content (AvgIpc) is 2.73. The minimum absolute atomic E-state index is 0.140. The van der Waals surface area contributed by atoms with Crippen LogP contribution in [0, 0.1) is 0 Å². The maximum atomic E-state index is 12.6. The molecule has 3 aromatic rings. The molecule has 0 heterocycles. The van der Waals surface area contributed by atoms with Gasteiger partial charge in [0, 0.05) is 12.1 Å². The van der Waals surface area contributed by atoms with Gasteiger partial charge in [0.25, 0.3) is 5.91 Å². The Morgan fingerprint density at radius 3 is 2.21 bits per heavy atom. The summed E-state index contributed by atoms with van der Waals surface area (Å²) in [5.41, 5.74) is 2.21. The third kappa shape index (κ3) is 5.08. The molecule has 28 heavy (non-hydrogen) atoms. The van der Waals surface area contributed by atoms with Crippen LogP contribution in [0.1, 0.15) is 34.3 Å². The van der Waals surface area contributed by atoms with Crippen molar-refractivity contribution in [3.63, 3.8) is 0 Å². The Kier molecular flexibility index (Phi) is 6.26. The van der Waals surface area contributed by atoms with Crippen molar-refractivity contribution < 1.29 is 13.2 Å². The van der Waals surface area contributed by atoms with E-state index in [-0.39, 0.29) is 22.5 Å². The van der Waals surface area contributed by atoms with E-state index in [1.54, 1.807) is 54.6 Å². The van der Waals surface area contributed by atoms with E-state index < -0.39 is 9.84 Å². The fourth-order valence-corrected chi connectivity index (χ4v) is 4.34. The Labute approximate surface area is 166 Å². The van der Waals surface area contributed by atoms with E-state index in [9.17, 15) is 13.2 Å². The summed E-state index contributed by atoms with van der Waals surface area (Å²) in [6, 6.07) is 25.1. The molecule has 3 rings (SSSR count). The molecule has 0 fully saturated rings. The summed E-state index contributed by atoms with van der Waals surface area (Å²) in [7, 11) is -3.45. The summed E-state index contributed by atoms with van der Waals surface area (Å²) in [6.45, 7) is 2.56. The van der Waals surface area contributed by atoms with Crippen LogP contribution in [0.2, 0.25) is 0 Å². The van der Waals surface area contributed by atoms with Gasteiger partial charge in [-0.1, -0.05) is 67.6 Å². The Hall–Kier alpha value is -2.92. The topological polar surface area (TPSA) is 63.2 Å². The van der Waals surface area contributed by atoms with Crippen LogP contribution in [0.3, 0.4) is 0 Å². The monoisotopic (exact) mass is 393 g/mol. The van der Waals surface area contributed by atoms with Gasteiger partial charge in [0.15, 0.2) is 9.84 Å². The average molecular weight is 394 g/mol. The first-order chi connectivity index (χ1) is 13.5. The minimum Gasteiger partial charge on any atom is -0.351 e. The molecule has 5 heteroatoms. The number of sulfone groups is 1. The van der Waals surface area contributed by atoms with Crippen molar-refractivity contribution in [2.45, 2.75) is 23.5 Å². The number of rotatable bonds is 7. The van der Waals surface area contributed by atoms with Crippen LogP contribution >= 0.6 is 0 Å². The van der Waals surface area contributed by atoms with Crippen molar-refractivity contribution in [1.29, 1.82) is 0 Å². The van der Waals surface area contributed by atoms with Crippen molar-refractivity contribution in [3.05, 3.63) is 102 Å². The van der Waals surface area contributed by atoms with Gasteiger partial charge >= 0.3 is 0 Å². The standard InChI is InChI=1S/C23H23NO3S/c1-18(20-10-4-2-5-11-20)16-24-23(25)21-12-8-9-19(15-21)17-28(26,27)22-13-6-3-7-14-22/h2-15,18H,16-17H2,1H3,(H,24,25). The minimum atomic E-state index is -3.45. The van der Waals surface area contributed by atoms with E-state index in [2.05, 4.69) is 12.2 Å². The summed E-state index contributed by atoms with van der Waals surface area (Å²) in [6.07, 6.45) is 0. The highest BCUT2D eigenvalue weighted by molar-refractivity contribution is 7.90.